The molecular weight excluding hydrogens is 502 g/mol. The van der Waals surface area contributed by atoms with Crippen LogP contribution in [0.15, 0.2) is 59.8 Å². The number of hydrogen-bond acceptors (Lipinski definition) is 10. The first-order valence-corrected chi connectivity index (χ1v) is 14.4. The van der Waals surface area contributed by atoms with Gasteiger partial charge in [-0.2, -0.15) is 0 Å². The molecule has 0 saturated carbocycles. The molecule has 4 heterocycles. The Bertz CT molecular complexity index is 1340. The van der Waals surface area contributed by atoms with Crippen molar-refractivity contribution < 1.29 is 4.74 Å². The highest BCUT2D eigenvalue weighted by Crippen LogP contribution is 2.34. The van der Waals surface area contributed by atoms with Crippen LogP contribution in [0.2, 0.25) is 0 Å². The summed E-state index contributed by atoms with van der Waals surface area (Å²) in [4.78, 5) is 20.7. The van der Waals surface area contributed by atoms with Crippen LogP contribution in [-0.4, -0.2) is 65.3 Å². The Kier molecular flexibility index (Phi) is 7.52. The van der Waals surface area contributed by atoms with Crippen molar-refractivity contribution >= 4 is 45.1 Å². The molecule has 10 heteroatoms. The van der Waals surface area contributed by atoms with Crippen molar-refractivity contribution in [3.63, 3.8) is 0 Å². The van der Waals surface area contributed by atoms with Crippen LogP contribution in [0.25, 0.3) is 20.9 Å². The Balaban J connectivity index is 1.11. The first-order chi connectivity index (χ1) is 18.2. The maximum absolute atomic E-state index is 6.15. The molecule has 2 aliphatic rings. The largest absolute Gasteiger partial charge is 0.378 e. The predicted molar refractivity (Wildman–Crippen MR) is 152 cm³/mol. The molecule has 0 aliphatic carbocycles. The fourth-order valence-corrected chi connectivity index (χ4v) is 6.51. The third-order valence-electron chi connectivity index (χ3n) is 6.75. The second kappa shape index (κ2) is 11.3. The van der Waals surface area contributed by atoms with Gasteiger partial charge < -0.3 is 20.1 Å². The Morgan fingerprint density at radius 2 is 1.95 bits per heavy atom. The molecule has 0 radical (unpaired) electrons. The molecule has 2 aromatic heterocycles. The van der Waals surface area contributed by atoms with Crippen molar-refractivity contribution in [3.05, 3.63) is 60.4 Å². The number of rotatable bonds is 7. The number of nitrogens with two attached hydrogens (primary N) is 1. The van der Waals surface area contributed by atoms with Crippen LogP contribution in [0.3, 0.4) is 0 Å². The minimum Gasteiger partial charge on any atom is -0.378 e. The van der Waals surface area contributed by atoms with Crippen LogP contribution in [0.1, 0.15) is 18.4 Å². The molecule has 8 nitrogen and oxygen atoms in total. The molecule has 6 rings (SSSR count). The minimum atomic E-state index is 0.304. The van der Waals surface area contributed by atoms with Crippen LogP contribution in [0.5, 0.6) is 0 Å². The summed E-state index contributed by atoms with van der Waals surface area (Å²) < 4.78 is 8.97. The fourth-order valence-electron chi connectivity index (χ4n) is 4.87. The van der Waals surface area contributed by atoms with Crippen molar-refractivity contribution in [2.75, 3.05) is 49.0 Å². The summed E-state index contributed by atoms with van der Waals surface area (Å²) in [6.45, 7) is 6.15. The zero-order chi connectivity index (χ0) is 25.0. The van der Waals surface area contributed by atoms with Crippen molar-refractivity contribution in [1.29, 1.82) is 0 Å². The SMILES string of the molecule is NC1CCCN(Cc2cccc(SNc3ccc(-c4nc5c(N6CCOCC6)ncnc5s4)cc3)c2)C1. The minimum absolute atomic E-state index is 0.304. The van der Waals surface area contributed by atoms with E-state index >= 15 is 0 Å². The van der Waals surface area contributed by atoms with Crippen LogP contribution in [0.4, 0.5) is 11.5 Å². The van der Waals surface area contributed by atoms with E-state index in [0.717, 1.165) is 71.6 Å². The van der Waals surface area contributed by atoms with E-state index in [-0.39, 0.29) is 0 Å². The maximum atomic E-state index is 6.15. The van der Waals surface area contributed by atoms with E-state index in [2.05, 4.69) is 73.0 Å². The van der Waals surface area contributed by atoms with E-state index in [1.54, 1.807) is 29.6 Å². The van der Waals surface area contributed by atoms with Crippen molar-refractivity contribution in [1.82, 2.24) is 19.9 Å². The number of fused-ring (bicyclic) bond motifs is 1. The maximum Gasteiger partial charge on any atom is 0.159 e. The van der Waals surface area contributed by atoms with E-state index in [4.69, 9.17) is 15.5 Å². The zero-order valence-corrected chi connectivity index (χ0v) is 22.3. The number of nitrogens with zero attached hydrogens (tertiary/aromatic N) is 5. The van der Waals surface area contributed by atoms with Gasteiger partial charge in [-0.3, -0.25) is 4.90 Å². The first kappa shape index (κ1) is 24.6. The summed E-state index contributed by atoms with van der Waals surface area (Å²) in [7, 11) is 0. The lowest BCUT2D eigenvalue weighted by Crippen LogP contribution is -2.42. The molecule has 37 heavy (non-hydrogen) atoms. The van der Waals surface area contributed by atoms with E-state index in [1.165, 1.54) is 16.9 Å². The highest BCUT2D eigenvalue weighted by molar-refractivity contribution is 8.00. The van der Waals surface area contributed by atoms with Gasteiger partial charge in [-0.25, -0.2) is 15.0 Å². The monoisotopic (exact) mass is 533 g/mol. The molecule has 0 amide bonds. The van der Waals surface area contributed by atoms with E-state index in [1.807, 2.05) is 0 Å². The smallest absolute Gasteiger partial charge is 0.159 e. The average molecular weight is 534 g/mol. The van der Waals surface area contributed by atoms with Gasteiger partial charge in [-0.1, -0.05) is 23.5 Å². The van der Waals surface area contributed by atoms with Gasteiger partial charge in [0.2, 0.25) is 0 Å². The Labute approximate surface area is 225 Å². The molecule has 2 aromatic carbocycles. The van der Waals surface area contributed by atoms with Gasteiger partial charge in [0.15, 0.2) is 5.82 Å². The van der Waals surface area contributed by atoms with Crippen LogP contribution in [-0.2, 0) is 11.3 Å². The summed E-state index contributed by atoms with van der Waals surface area (Å²) in [5.41, 5.74) is 10.5. The second-order valence-corrected chi connectivity index (χ2v) is 11.4. The molecule has 3 N–H and O–H groups in total. The van der Waals surface area contributed by atoms with Gasteiger partial charge in [0.1, 0.15) is 21.7 Å². The Hall–Kier alpha value is -2.76. The second-order valence-electron chi connectivity index (χ2n) is 9.54. The fraction of sp³-hybridized carbons (Fsp3) is 0.370. The normalized spacial score (nSPS) is 18.8. The number of thiazole rings is 1. The van der Waals surface area contributed by atoms with Crippen molar-refractivity contribution in [3.8, 4) is 10.6 Å². The molecule has 2 fully saturated rings. The van der Waals surface area contributed by atoms with Crippen molar-refractivity contribution in [2.45, 2.75) is 30.3 Å². The van der Waals surface area contributed by atoms with E-state index in [0.29, 0.717) is 19.3 Å². The van der Waals surface area contributed by atoms with Gasteiger partial charge in [-0.15, -0.1) is 0 Å². The molecule has 1 unspecified atom stereocenters. The lowest BCUT2D eigenvalue weighted by molar-refractivity contribution is 0.122. The van der Waals surface area contributed by atoms with E-state index < -0.39 is 0 Å². The predicted octanol–water partition coefficient (Wildman–Crippen LogP) is 4.63. The number of piperidine rings is 1. The quantitative estimate of drug-likeness (QED) is 0.330. The summed E-state index contributed by atoms with van der Waals surface area (Å²) in [5, 5.41) is 0.953. The number of benzene rings is 2. The standard InChI is InChI=1S/C27H31N7OS2/c28-21-4-2-10-33(17-21)16-19-3-1-5-23(15-19)37-32-22-8-6-20(7-9-22)26-31-24-25(29-18-30-27(24)36-26)34-11-13-35-14-12-34/h1,3,5-9,15,18,21,32H,2,4,10-14,16-17,28H2. The Morgan fingerprint density at radius 3 is 2.78 bits per heavy atom. The number of morpholine rings is 1. The zero-order valence-electron chi connectivity index (χ0n) is 20.7. The molecule has 0 spiro atoms. The number of nitrogens with one attached hydrogen (secondary N) is 1. The van der Waals surface area contributed by atoms with Crippen LogP contribution >= 0.6 is 23.3 Å². The van der Waals surface area contributed by atoms with Gasteiger partial charge in [0.25, 0.3) is 0 Å². The van der Waals surface area contributed by atoms with E-state index in [9.17, 15) is 0 Å². The third-order valence-corrected chi connectivity index (χ3v) is 8.59. The number of aromatic nitrogens is 3. The lowest BCUT2D eigenvalue weighted by atomic mass is 10.1. The number of likely N-dealkylation sites (tertiary alicyclic amines) is 1. The van der Waals surface area contributed by atoms with Gasteiger partial charge in [0.05, 0.1) is 13.2 Å². The van der Waals surface area contributed by atoms with Crippen LogP contribution < -0.4 is 15.4 Å². The molecule has 2 saturated heterocycles. The Morgan fingerprint density at radius 1 is 1.08 bits per heavy atom. The topological polar surface area (TPSA) is 92.4 Å². The number of anilines is 2. The van der Waals surface area contributed by atoms with Crippen LogP contribution in [0, 0.1) is 0 Å². The molecule has 0 bridgehead atoms. The average Bonchev–Trinajstić information content (AvgIpc) is 3.38. The van der Waals surface area contributed by atoms with Crippen molar-refractivity contribution in [2.24, 2.45) is 5.73 Å². The molecular formula is C27H31N7OS2. The highest BCUT2D eigenvalue weighted by Gasteiger charge is 2.19. The number of ether oxygens (including phenoxy) is 1. The molecule has 2 aliphatic heterocycles. The third kappa shape index (κ3) is 5.89. The highest BCUT2D eigenvalue weighted by atomic mass is 32.2. The molecule has 1 atom stereocenters. The van der Waals surface area contributed by atoms with Gasteiger partial charge in [0, 0.05) is 48.4 Å². The summed E-state index contributed by atoms with van der Waals surface area (Å²) in [5.74, 6) is 0.899. The molecule has 4 aromatic rings. The number of hydrogen-bond donors (Lipinski definition) is 2. The lowest BCUT2D eigenvalue weighted by Gasteiger charge is -2.30. The molecule has 192 valence electrons. The summed E-state index contributed by atoms with van der Waals surface area (Å²) in [6, 6.07) is 17.5. The van der Waals surface area contributed by atoms with Gasteiger partial charge in [-0.05, 0) is 73.3 Å². The summed E-state index contributed by atoms with van der Waals surface area (Å²) in [6.07, 6.45) is 3.96. The van der Waals surface area contributed by atoms with Gasteiger partial charge >= 0.3 is 0 Å². The summed E-state index contributed by atoms with van der Waals surface area (Å²) >= 11 is 3.24. The first-order valence-electron chi connectivity index (χ1n) is 12.8.